The Morgan fingerprint density at radius 1 is 1.55 bits per heavy atom. The minimum Gasteiger partial charge on any atom is -0.374 e. The molecule has 0 aromatic heterocycles. The maximum absolute atomic E-state index is 13.1. The zero-order valence-corrected chi connectivity index (χ0v) is 13.3. The molecule has 1 heterocycles. The van der Waals surface area contributed by atoms with Gasteiger partial charge < -0.3 is 10.5 Å². The summed E-state index contributed by atoms with van der Waals surface area (Å²) in [6.45, 7) is 2.53. The second-order valence-corrected chi connectivity index (χ2v) is 7.47. The molecule has 1 aromatic carbocycles. The molecule has 2 rings (SSSR count). The molecule has 2 N–H and O–H groups in total. The van der Waals surface area contributed by atoms with E-state index in [-0.39, 0.29) is 34.6 Å². The molecule has 112 valence electrons. The van der Waals surface area contributed by atoms with Gasteiger partial charge in [0.25, 0.3) is 0 Å². The first-order chi connectivity index (χ1) is 9.32. The molecule has 1 aromatic rings. The standard InChI is InChI=1S/C12H16BrFN2O3S/c1-8(15)11-7-16(4-5-19-11)20(17,18)12-3-2-9(14)6-10(12)13/h2-3,6,8,11H,4-5,7,15H2,1H3. The summed E-state index contributed by atoms with van der Waals surface area (Å²) in [5, 5.41) is 0. The summed E-state index contributed by atoms with van der Waals surface area (Å²) in [6.07, 6.45) is -0.335. The first kappa shape index (κ1) is 15.8. The van der Waals surface area contributed by atoms with Crippen LogP contribution in [0.1, 0.15) is 6.92 Å². The zero-order valence-electron chi connectivity index (χ0n) is 10.9. The number of nitrogens with zero attached hydrogens (tertiary/aromatic N) is 1. The molecule has 2 atom stereocenters. The van der Waals surface area contributed by atoms with E-state index in [0.29, 0.717) is 6.61 Å². The fourth-order valence-corrected chi connectivity index (χ4v) is 4.46. The molecule has 2 unspecified atom stereocenters. The van der Waals surface area contributed by atoms with Gasteiger partial charge in [-0.1, -0.05) is 0 Å². The van der Waals surface area contributed by atoms with Crippen LogP contribution in [-0.2, 0) is 14.8 Å². The van der Waals surface area contributed by atoms with Crippen LogP contribution in [0.5, 0.6) is 0 Å². The summed E-state index contributed by atoms with van der Waals surface area (Å²) in [5.74, 6) is -0.494. The normalized spacial score (nSPS) is 22.7. The van der Waals surface area contributed by atoms with Crippen LogP contribution in [0.25, 0.3) is 0 Å². The summed E-state index contributed by atoms with van der Waals surface area (Å²) in [4.78, 5) is 0.0456. The van der Waals surface area contributed by atoms with Gasteiger partial charge in [-0.05, 0) is 41.1 Å². The van der Waals surface area contributed by atoms with Crippen molar-refractivity contribution in [1.82, 2.24) is 4.31 Å². The van der Waals surface area contributed by atoms with Gasteiger partial charge in [0.2, 0.25) is 10.0 Å². The summed E-state index contributed by atoms with van der Waals surface area (Å²) in [7, 11) is -3.69. The minimum atomic E-state index is -3.69. The van der Waals surface area contributed by atoms with Crippen LogP contribution >= 0.6 is 15.9 Å². The number of ether oxygens (including phenoxy) is 1. The lowest BCUT2D eigenvalue weighted by atomic mass is 10.2. The first-order valence-electron chi connectivity index (χ1n) is 6.15. The van der Waals surface area contributed by atoms with Gasteiger partial charge in [-0.25, -0.2) is 12.8 Å². The average molecular weight is 367 g/mol. The minimum absolute atomic E-state index is 0.0456. The largest absolute Gasteiger partial charge is 0.374 e. The number of nitrogens with two attached hydrogens (primary N) is 1. The molecule has 1 aliphatic rings. The predicted octanol–water partition coefficient (Wildman–Crippen LogP) is 1.32. The monoisotopic (exact) mass is 366 g/mol. The van der Waals surface area contributed by atoms with Crippen LogP contribution in [0.3, 0.4) is 0 Å². The van der Waals surface area contributed by atoms with Gasteiger partial charge in [0.15, 0.2) is 0 Å². The number of hydrogen-bond donors (Lipinski definition) is 1. The molecule has 1 fully saturated rings. The topological polar surface area (TPSA) is 72.6 Å². The molecule has 0 spiro atoms. The predicted molar refractivity (Wildman–Crippen MR) is 76.2 cm³/mol. The fourth-order valence-electron chi connectivity index (χ4n) is 2.01. The van der Waals surface area contributed by atoms with E-state index in [2.05, 4.69) is 15.9 Å². The van der Waals surface area contributed by atoms with Gasteiger partial charge >= 0.3 is 0 Å². The molecule has 8 heteroatoms. The Hall–Kier alpha value is -0.540. The van der Waals surface area contributed by atoms with Gasteiger partial charge in [0.05, 0.1) is 17.6 Å². The molecular formula is C12H16BrFN2O3S. The highest BCUT2D eigenvalue weighted by molar-refractivity contribution is 9.10. The van der Waals surface area contributed by atoms with Crippen molar-refractivity contribution in [3.8, 4) is 0 Å². The van der Waals surface area contributed by atoms with Gasteiger partial charge in [-0.2, -0.15) is 4.31 Å². The maximum Gasteiger partial charge on any atom is 0.244 e. The smallest absolute Gasteiger partial charge is 0.244 e. The number of benzene rings is 1. The third-order valence-corrected chi connectivity index (χ3v) is 6.00. The van der Waals surface area contributed by atoms with E-state index in [0.717, 1.165) is 12.1 Å². The Labute approximate surface area is 126 Å². The van der Waals surface area contributed by atoms with E-state index >= 15 is 0 Å². The Morgan fingerprint density at radius 2 is 2.25 bits per heavy atom. The van der Waals surface area contributed by atoms with Crippen LogP contribution in [0.2, 0.25) is 0 Å². The SMILES string of the molecule is CC(N)C1CN(S(=O)(=O)c2ccc(F)cc2Br)CCO1. The molecule has 0 aliphatic carbocycles. The van der Waals surface area contributed by atoms with Gasteiger partial charge in [-0.15, -0.1) is 0 Å². The van der Waals surface area contributed by atoms with Gasteiger partial charge in [-0.3, -0.25) is 0 Å². The Balaban J connectivity index is 2.30. The van der Waals surface area contributed by atoms with Crippen molar-refractivity contribution in [2.75, 3.05) is 19.7 Å². The second-order valence-electron chi connectivity index (χ2n) is 4.71. The molecule has 0 radical (unpaired) electrons. The quantitative estimate of drug-likeness (QED) is 0.875. The second kappa shape index (κ2) is 6.07. The number of halogens is 2. The molecular weight excluding hydrogens is 351 g/mol. The summed E-state index contributed by atoms with van der Waals surface area (Å²) in [6, 6.07) is 3.26. The molecule has 20 heavy (non-hydrogen) atoms. The zero-order chi connectivity index (χ0) is 14.9. The van der Waals surface area contributed by atoms with E-state index in [1.165, 1.54) is 10.4 Å². The van der Waals surface area contributed by atoms with E-state index in [1.807, 2.05) is 0 Å². The highest BCUT2D eigenvalue weighted by atomic mass is 79.9. The Kier molecular flexibility index (Phi) is 4.80. The van der Waals surface area contributed by atoms with Crippen molar-refractivity contribution in [1.29, 1.82) is 0 Å². The maximum atomic E-state index is 13.1. The molecule has 5 nitrogen and oxygen atoms in total. The lowest BCUT2D eigenvalue weighted by Gasteiger charge is -2.34. The number of morpholine rings is 1. The van der Waals surface area contributed by atoms with Crippen LogP contribution in [0.15, 0.2) is 27.6 Å². The van der Waals surface area contributed by atoms with Gasteiger partial charge in [0, 0.05) is 23.6 Å². The lowest BCUT2D eigenvalue weighted by molar-refractivity contribution is -0.0120. The molecule has 1 aliphatic heterocycles. The fraction of sp³-hybridized carbons (Fsp3) is 0.500. The number of rotatable bonds is 3. The van der Waals surface area contributed by atoms with E-state index in [9.17, 15) is 12.8 Å². The summed E-state index contributed by atoms with van der Waals surface area (Å²) >= 11 is 3.09. The lowest BCUT2D eigenvalue weighted by Crippen LogP contribution is -2.51. The van der Waals surface area contributed by atoms with Crippen molar-refractivity contribution in [3.63, 3.8) is 0 Å². The molecule has 1 saturated heterocycles. The van der Waals surface area contributed by atoms with Crippen LogP contribution in [-0.4, -0.2) is 44.6 Å². The number of hydrogen-bond acceptors (Lipinski definition) is 4. The summed E-state index contributed by atoms with van der Waals surface area (Å²) < 4.78 is 45.2. The van der Waals surface area contributed by atoms with Crippen LogP contribution < -0.4 is 5.73 Å². The average Bonchev–Trinajstić information content (AvgIpc) is 2.38. The summed E-state index contributed by atoms with van der Waals surface area (Å²) in [5.41, 5.74) is 5.76. The highest BCUT2D eigenvalue weighted by Gasteiger charge is 2.33. The first-order valence-corrected chi connectivity index (χ1v) is 8.38. The highest BCUT2D eigenvalue weighted by Crippen LogP contribution is 2.27. The third kappa shape index (κ3) is 3.20. The van der Waals surface area contributed by atoms with Crippen LogP contribution in [0.4, 0.5) is 4.39 Å². The van der Waals surface area contributed by atoms with E-state index in [1.54, 1.807) is 6.92 Å². The number of sulfonamides is 1. The van der Waals surface area contributed by atoms with E-state index in [4.69, 9.17) is 10.5 Å². The van der Waals surface area contributed by atoms with Crippen LogP contribution in [0, 0.1) is 5.82 Å². The molecule has 0 bridgehead atoms. The van der Waals surface area contributed by atoms with Crippen molar-refractivity contribution in [3.05, 3.63) is 28.5 Å². The van der Waals surface area contributed by atoms with E-state index < -0.39 is 15.8 Å². The Morgan fingerprint density at radius 3 is 2.85 bits per heavy atom. The van der Waals surface area contributed by atoms with Crippen molar-refractivity contribution < 1.29 is 17.5 Å². The van der Waals surface area contributed by atoms with Gasteiger partial charge in [0.1, 0.15) is 5.82 Å². The molecule has 0 amide bonds. The third-order valence-electron chi connectivity index (χ3n) is 3.15. The Bertz CT molecular complexity index is 594. The van der Waals surface area contributed by atoms with Crippen molar-refractivity contribution in [2.24, 2.45) is 5.73 Å². The van der Waals surface area contributed by atoms with Crippen molar-refractivity contribution in [2.45, 2.75) is 24.0 Å². The molecule has 0 saturated carbocycles. The van der Waals surface area contributed by atoms with Crippen molar-refractivity contribution >= 4 is 26.0 Å².